The van der Waals surface area contributed by atoms with Crippen molar-refractivity contribution in [3.05, 3.63) is 28.2 Å². The second kappa shape index (κ2) is 8.31. The van der Waals surface area contributed by atoms with E-state index in [4.69, 9.17) is 12.3 Å². The predicted molar refractivity (Wildman–Crippen MR) is 115 cm³/mol. The van der Waals surface area contributed by atoms with Crippen LogP contribution in [-0.2, 0) is 10.0 Å². The van der Waals surface area contributed by atoms with E-state index in [9.17, 15) is 27.1 Å². The summed E-state index contributed by atoms with van der Waals surface area (Å²) >= 11 is 0. The molecule has 2 aromatic rings. The molecule has 1 aliphatic carbocycles. The van der Waals surface area contributed by atoms with Crippen LogP contribution in [0.15, 0.2) is 17.1 Å². The Kier molecular flexibility index (Phi) is 3.68. The van der Waals surface area contributed by atoms with E-state index in [0.717, 1.165) is 12.5 Å². The number of nitrogens with zero attached hydrogens (tertiary/aromatic N) is 4. The fraction of sp³-hybridized carbons (Fsp3) is 0.650. The Labute approximate surface area is 197 Å². The highest BCUT2D eigenvalue weighted by Crippen LogP contribution is 2.39. The van der Waals surface area contributed by atoms with E-state index in [-0.39, 0.29) is 24.6 Å². The summed E-state index contributed by atoms with van der Waals surface area (Å²) in [5, 5.41) is 13.1. The molecule has 1 saturated carbocycles. The molecule has 0 bridgehead atoms. The molecule has 0 spiro atoms. The van der Waals surface area contributed by atoms with Crippen LogP contribution in [0.25, 0.3) is 11.0 Å². The Hall–Kier alpha value is -2.18. The van der Waals surface area contributed by atoms with Gasteiger partial charge in [-0.15, -0.1) is 0 Å². The first kappa shape index (κ1) is 14.2. The average Bonchev–Trinajstić information content (AvgIpc) is 3.18. The number of anilines is 1. The minimum absolute atomic E-state index is 0.0955. The van der Waals surface area contributed by atoms with Crippen molar-refractivity contribution in [1.29, 1.82) is 0 Å². The van der Waals surface area contributed by atoms with Crippen molar-refractivity contribution in [1.82, 2.24) is 18.8 Å². The first-order valence-corrected chi connectivity index (χ1v) is 11.5. The lowest BCUT2D eigenvalue weighted by molar-refractivity contribution is 0.0261. The first-order valence-electron chi connectivity index (χ1n) is 14.1. The Bertz CT molecular complexity index is 1530. The number of pyridine rings is 1. The lowest BCUT2D eigenvalue weighted by Gasteiger charge is -2.31. The van der Waals surface area contributed by atoms with Gasteiger partial charge in [-0.3, -0.25) is 9.36 Å². The SMILES string of the molecule is [2H]C(F)(F)c1cc2cnc(NC3([2H])C([2H])([2H])CN(S(C)(=O)=O)CC3([2H])[2H])nc2n(C2CCCC2(O)C([2H])([2H])[2H])c1=O. The number of fused-ring (bicyclic) bond motifs is 1. The maximum atomic E-state index is 14.1. The van der Waals surface area contributed by atoms with Crippen LogP contribution in [0.3, 0.4) is 0 Å². The maximum Gasteiger partial charge on any atom is 0.269 e. The topological polar surface area (TPSA) is 117 Å². The molecule has 2 aromatic heterocycles. The molecule has 0 radical (unpaired) electrons. The number of hydrogen-bond acceptors (Lipinski definition) is 7. The molecule has 176 valence electrons. The summed E-state index contributed by atoms with van der Waals surface area (Å²) in [6, 6.07) is -3.90. The molecule has 4 rings (SSSR count). The zero-order valence-electron chi connectivity index (χ0n) is 25.9. The molecule has 0 aromatic carbocycles. The summed E-state index contributed by atoms with van der Waals surface area (Å²) in [6.07, 6.45) is -8.93. The summed E-state index contributed by atoms with van der Waals surface area (Å²) in [4.78, 5) is 21.2. The summed E-state index contributed by atoms with van der Waals surface area (Å²) in [5.74, 6) is -0.665. The monoisotopic (exact) mass is 480 g/mol. The third-order valence-electron chi connectivity index (χ3n) is 5.45. The van der Waals surface area contributed by atoms with Gasteiger partial charge in [0.25, 0.3) is 12.0 Å². The van der Waals surface area contributed by atoms with Crippen molar-refractivity contribution in [3.8, 4) is 0 Å². The van der Waals surface area contributed by atoms with Gasteiger partial charge in [-0.05, 0) is 44.9 Å². The van der Waals surface area contributed by atoms with Crippen LogP contribution in [-0.4, -0.2) is 63.3 Å². The molecule has 2 atom stereocenters. The molecule has 1 saturated heterocycles. The van der Waals surface area contributed by atoms with E-state index in [2.05, 4.69) is 15.3 Å². The van der Waals surface area contributed by atoms with Gasteiger partial charge in [-0.2, -0.15) is 4.98 Å². The minimum Gasteiger partial charge on any atom is -0.388 e. The standard InChI is InChI=1S/C20H27F2N5O4S/c1-20(29)7-3-4-15(20)27-17-12(10-14(16(21)22)18(27)28)11-23-19(25-17)24-13-5-8-26(9-6-13)32(2,30)31/h10-11,13,15-16,29H,3-9H2,1-2H3,(H,23,24,25)/i1D3,5D2,6D2,13D,16D. The molecule has 3 heterocycles. The molecule has 2 unspecified atom stereocenters. The summed E-state index contributed by atoms with van der Waals surface area (Å²) < 4.78 is 126. The Morgan fingerprint density at radius 2 is 2.19 bits per heavy atom. The molecule has 2 fully saturated rings. The number of halogens is 2. The van der Waals surface area contributed by atoms with Gasteiger partial charge < -0.3 is 10.4 Å². The molecule has 2 N–H and O–H groups in total. The number of hydrogen-bond donors (Lipinski definition) is 2. The van der Waals surface area contributed by atoms with E-state index >= 15 is 0 Å². The fourth-order valence-corrected chi connectivity index (χ4v) is 4.40. The van der Waals surface area contributed by atoms with Crippen molar-refractivity contribution >= 4 is 27.0 Å². The third-order valence-corrected chi connectivity index (χ3v) is 6.64. The smallest absolute Gasteiger partial charge is 0.269 e. The van der Waals surface area contributed by atoms with E-state index in [1.54, 1.807) is 0 Å². The first-order chi connectivity index (χ1) is 18.4. The highest BCUT2D eigenvalue weighted by molar-refractivity contribution is 7.88. The van der Waals surface area contributed by atoms with Gasteiger partial charge in [-0.1, -0.05) is 0 Å². The Morgan fingerprint density at radius 1 is 1.47 bits per heavy atom. The largest absolute Gasteiger partial charge is 0.388 e. The molecule has 1 aliphatic heterocycles. The van der Waals surface area contributed by atoms with E-state index in [1.165, 1.54) is 0 Å². The van der Waals surface area contributed by atoms with Gasteiger partial charge in [0.05, 0.1) is 24.8 Å². The molecule has 9 nitrogen and oxygen atoms in total. The summed E-state index contributed by atoms with van der Waals surface area (Å²) in [5.41, 5.74) is -5.88. The van der Waals surface area contributed by atoms with E-state index < -0.39 is 89.5 Å². The number of sulfonamides is 1. The number of aromatic nitrogens is 3. The predicted octanol–water partition coefficient (Wildman–Crippen LogP) is 2.04. The normalized spacial score (nSPS) is 34.6. The van der Waals surface area contributed by atoms with Crippen LogP contribution in [0.5, 0.6) is 0 Å². The van der Waals surface area contributed by atoms with E-state index in [1.807, 2.05) is 0 Å². The number of nitrogens with one attached hydrogen (secondary N) is 1. The van der Waals surface area contributed by atoms with Gasteiger partial charge in [0.1, 0.15) is 7.02 Å². The van der Waals surface area contributed by atoms with Gasteiger partial charge in [-0.25, -0.2) is 26.5 Å². The lowest BCUT2D eigenvalue weighted by Crippen LogP contribution is -2.42. The number of piperidine rings is 1. The number of rotatable bonds is 5. The van der Waals surface area contributed by atoms with Crippen LogP contribution in [0, 0.1) is 0 Å². The van der Waals surface area contributed by atoms with E-state index in [0.29, 0.717) is 14.9 Å². The van der Waals surface area contributed by atoms with Gasteiger partial charge >= 0.3 is 0 Å². The molecule has 2 aliphatic rings. The Morgan fingerprint density at radius 3 is 2.81 bits per heavy atom. The summed E-state index contributed by atoms with van der Waals surface area (Å²) in [6.45, 7) is -4.87. The van der Waals surface area contributed by atoms with Crippen molar-refractivity contribution in [2.45, 2.75) is 62.9 Å². The average molecular weight is 481 g/mol. The van der Waals surface area contributed by atoms with Crippen LogP contribution in [0.4, 0.5) is 14.7 Å². The highest BCUT2D eigenvalue weighted by atomic mass is 32.2. The van der Waals surface area contributed by atoms with Crippen molar-refractivity contribution in [3.63, 3.8) is 0 Å². The quantitative estimate of drug-likeness (QED) is 0.672. The second-order valence-electron chi connectivity index (χ2n) is 7.68. The molecular weight excluding hydrogens is 444 g/mol. The molecule has 32 heavy (non-hydrogen) atoms. The molecule has 0 amide bonds. The fourth-order valence-electron chi connectivity index (χ4n) is 3.81. The lowest BCUT2D eigenvalue weighted by atomic mass is 9.99. The Balaban J connectivity index is 1.92. The van der Waals surface area contributed by atoms with Crippen molar-refractivity contribution in [2.24, 2.45) is 0 Å². The van der Waals surface area contributed by atoms with Gasteiger partial charge in [0.15, 0.2) is 0 Å². The number of aliphatic hydroxyl groups is 1. The zero-order valence-corrected chi connectivity index (χ0v) is 17.7. The van der Waals surface area contributed by atoms with Crippen molar-refractivity contribution in [2.75, 3.05) is 24.7 Å². The maximum absolute atomic E-state index is 14.1. The van der Waals surface area contributed by atoms with Crippen LogP contribution < -0.4 is 10.9 Å². The molecular formula is C20H27F2N5O4S. The van der Waals surface area contributed by atoms with Crippen LogP contribution in [0.1, 0.15) is 69.2 Å². The minimum atomic E-state index is -4.43. The zero-order chi connectivity index (χ0) is 31.2. The van der Waals surface area contributed by atoms with Gasteiger partial charge in [0.2, 0.25) is 16.0 Å². The van der Waals surface area contributed by atoms with Crippen molar-refractivity contribution < 1.29 is 34.6 Å². The third kappa shape index (κ3) is 4.35. The number of alkyl halides is 2. The van der Waals surface area contributed by atoms with Crippen LogP contribution >= 0.6 is 0 Å². The van der Waals surface area contributed by atoms with Gasteiger partial charge in [0, 0.05) is 40.3 Å². The molecule has 12 heteroatoms. The summed E-state index contributed by atoms with van der Waals surface area (Å²) in [7, 11) is -4.05. The van der Waals surface area contributed by atoms with Crippen LogP contribution in [0.2, 0.25) is 0 Å². The second-order valence-corrected chi connectivity index (χ2v) is 9.67. The highest BCUT2D eigenvalue weighted by Gasteiger charge is 2.40.